The summed E-state index contributed by atoms with van der Waals surface area (Å²) in [6.45, 7) is 9.13. The van der Waals surface area contributed by atoms with E-state index in [1.54, 1.807) is 7.11 Å². The molecule has 2 radical (unpaired) electrons. The Morgan fingerprint density at radius 3 is 2.48 bits per heavy atom. The highest BCUT2D eigenvalue weighted by Gasteiger charge is 2.35. The zero-order valence-electron chi connectivity index (χ0n) is 14.8. The van der Waals surface area contributed by atoms with Crippen molar-refractivity contribution in [1.29, 1.82) is 5.26 Å². The molecule has 4 atom stereocenters. The molecule has 130 valence electrons. The van der Waals surface area contributed by atoms with Crippen LogP contribution in [0.15, 0.2) is 0 Å². The summed E-state index contributed by atoms with van der Waals surface area (Å²) < 4.78 is 25.1. The standard InChI is InChI=1S/C15H28BN2O4P/c1-11(2)18(12(3)4)23(20-8-6-7-17)21-10-14-13(19-5)9-15(16)22-14/h11-15H,6,8-10H2,1-5H3/t13-,14+,15+,23?/m0/s1. The third kappa shape index (κ3) is 6.66. The molecule has 0 aromatic carbocycles. The molecule has 0 aromatic heterocycles. The normalized spacial score (nSPS) is 26.1. The molecule has 1 aliphatic rings. The zero-order chi connectivity index (χ0) is 17.4. The maximum atomic E-state index is 8.71. The van der Waals surface area contributed by atoms with Crippen molar-refractivity contribution in [2.24, 2.45) is 0 Å². The van der Waals surface area contributed by atoms with Crippen LogP contribution in [0.25, 0.3) is 0 Å². The fraction of sp³-hybridized carbons (Fsp3) is 0.933. The molecule has 0 aromatic rings. The van der Waals surface area contributed by atoms with Crippen molar-refractivity contribution >= 4 is 16.4 Å². The second-order valence-corrected chi connectivity index (χ2v) is 7.52. The van der Waals surface area contributed by atoms with Crippen LogP contribution in [0.1, 0.15) is 40.5 Å². The van der Waals surface area contributed by atoms with E-state index in [9.17, 15) is 0 Å². The monoisotopic (exact) mass is 342 g/mol. The van der Waals surface area contributed by atoms with Crippen LogP contribution < -0.4 is 0 Å². The molecule has 1 rings (SSSR count). The number of nitriles is 1. The summed E-state index contributed by atoms with van der Waals surface area (Å²) in [5.41, 5.74) is 0. The molecule has 0 saturated carbocycles. The van der Waals surface area contributed by atoms with E-state index in [-0.39, 0.29) is 30.3 Å². The van der Waals surface area contributed by atoms with E-state index in [4.69, 9.17) is 31.6 Å². The molecule has 23 heavy (non-hydrogen) atoms. The fourth-order valence-corrected chi connectivity index (χ4v) is 4.21. The van der Waals surface area contributed by atoms with Crippen molar-refractivity contribution < 1.29 is 18.5 Å². The molecule has 1 heterocycles. The van der Waals surface area contributed by atoms with Crippen LogP contribution in [-0.4, -0.2) is 63.1 Å². The largest absolute Gasteiger partial charge is 0.380 e. The first-order chi connectivity index (χ1) is 10.9. The lowest BCUT2D eigenvalue weighted by Gasteiger charge is -2.36. The minimum absolute atomic E-state index is 0.0625. The molecule has 0 aliphatic carbocycles. The van der Waals surface area contributed by atoms with Gasteiger partial charge in [0, 0.05) is 25.2 Å². The molecule has 0 N–H and O–H groups in total. The van der Waals surface area contributed by atoms with E-state index in [1.807, 2.05) is 0 Å². The van der Waals surface area contributed by atoms with Crippen molar-refractivity contribution in [1.82, 2.24) is 4.67 Å². The van der Waals surface area contributed by atoms with E-state index in [1.165, 1.54) is 0 Å². The van der Waals surface area contributed by atoms with Crippen molar-refractivity contribution in [3.8, 4) is 6.07 Å². The first-order valence-corrected chi connectivity index (χ1v) is 9.18. The van der Waals surface area contributed by atoms with Gasteiger partial charge in [0.05, 0.1) is 31.8 Å². The summed E-state index contributed by atoms with van der Waals surface area (Å²) in [4.78, 5) is 0. The van der Waals surface area contributed by atoms with E-state index in [0.29, 0.717) is 26.1 Å². The van der Waals surface area contributed by atoms with Crippen molar-refractivity contribution in [3.63, 3.8) is 0 Å². The number of ether oxygens (including phenoxy) is 2. The summed E-state index contributed by atoms with van der Waals surface area (Å²) >= 11 is 0. The fourth-order valence-electron chi connectivity index (χ4n) is 2.59. The molecule has 1 fully saturated rings. The molecule has 0 spiro atoms. The second kappa shape index (κ2) is 10.6. The van der Waals surface area contributed by atoms with Crippen molar-refractivity contribution in [3.05, 3.63) is 0 Å². The predicted molar refractivity (Wildman–Crippen MR) is 91.0 cm³/mol. The van der Waals surface area contributed by atoms with Gasteiger partial charge in [-0.25, -0.2) is 4.67 Å². The van der Waals surface area contributed by atoms with Gasteiger partial charge in [-0.05, 0) is 34.1 Å². The summed E-state index contributed by atoms with van der Waals surface area (Å²) in [6, 6.07) is 2.32. The predicted octanol–water partition coefficient (Wildman–Crippen LogP) is 2.58. The summed E-state index contributed by atoms with van der Waals surface area (Å²) in [7, 11) is 6.21. The average Bonchev–Trinajstić information content (AvgIpc) is 2.84. The Bertz CT molecular complexity index is 373. The highest BCUT2D eigenvalue weighted by atomic mass is 31.2. The van der Waals surface area contributed by atoms with Gasteiger partial charge in [-0.3, -0.25) is 0 Å². The molecule has 0 bridgehead atoms. The third-order valence-electron chi connectivity index (χ3n) is 3.54. The van der Waals surface area contributed by atoms with Crippen LogP contribution in [-0.2, 0) is 18.5 Å². The number of hydrogen-bond donors (Lipinski definition) is 0. The zero-order valence-corrected chi connectivity index (χ0v) is 15.7. The van der Waals surface area contributed by atoms with E-state index >= 15 is 0 Å². The molecule has 1 unspecified atom stereocenters. The molecular weight excluding hydrogens is 314 g/mol. The smallest absolute Gasteiger partial charge is 0.259 e. The molecule has 0 amide bonds. The van der Waals surface area contributed by atoms with Crippen molar-refractivity contribution in [2.75, 3.05) is 20.3 Å². The van der Waals surface area contributed by atoms with Crippen LogP contribution in [0, 0.1) is 11.3 Å². The van der Waals surface area contributed by atoms with Crippen LogP contribution in [0.2, 0.25) is 0 Å². The van der Waals surface area contributed by atoms with Gasteiger partial charge in [0.1, 0.15) is 14.0 Å². The van der Waals surface area contributed by atoms with Crippen LogP contribution in [0.4, 0.5) is 0 Å². The maximum absolute atomic E-state index is 8.71. The Balaban J connectivity index is 2.66. The van der Waals surface area contributed by atoms with E-state index in [0.717, 1.165) is 0 Å². The van der Waals surface area contributed by atoms with Gasteiger partial charge < -0.3 is 18.5 Å². The first kappa shape index (κ1) is 20.8. The summed E-state index contributed by atoms with van der Waals surface area (Å²) in [6.07, 6.45) is 0.751. The van der Waals surface area contributed by atoms with Crippen LogP contribution in [0.3, 0.4) is 0 Å². The topological polar surface area (TPSA) is 64.0 Å². The Hall–Kier alpha value is -0.215. The van der Waals surface area contributed by atoms with Gasteiger partial charge in [-0.1, -0.05) is 0 Å². The quantitative estimate of drug-likeness (QED) is 0.345. The molecule has 6 nitrogen and oxygen atoms in total. The number of hydrogen-bond acceptors (Lipinski definition) is 6. The van der Waals surface area contributed by atoms with Gasteiger partial charge in [0.15, 0.2) is 0 Å². The van der Waals surface area contributed by atoms with Gasteiger partial charge in [-0.2, -0.15) is 5.26 Å². The molecule has 1 aliphatic heterocycles. The maximum Gasteiger partial charge on any atom is 0.259 e. The lowest BCUT2D eigenvalue weighted by Crippen LogP contribution is -2.35. The Labute approximate surface area is 142 Å². The Morgan fingerprint density at radius 2 is 1.96 bits per heavy atom. The van der Waals surface area contributed by atoms with Gasteiger partial charge >= 0.3 is 0 Å². The minimum Gasteiger partial charge on any atom is -0.380 e. The van der Waals surface area contributed by atoms with Crippen molar-refractivity contribution in [2.45, 2.75) is 70.8 Å². The molecule has 1 saturated heterocycles. The van der Waals surface area contributed by atoms with Crippen LogP contribution >= 0.6 is 8.53 Å². The minimum atomic E-state index is -1.26. The highest BCUT2D eigenvalue weighted by molar-refractivity contribution is 7.44. The third-order valence-corrected chi connectivity index (χ3v) is 5.62. The van der Waals surface area contributed by atoms with E-state index in [2.05, 4.69) is 38.4 Å². The number of nitrogens with zero attached hydrogens (tertiary/aromatic N) is 2. The average molecular weight is 342 g/mol. The van der Waals surface area contributed by atoms with Crippen LogP contribution in [0.5, 0.6) is 0 Å². The lowest BCUT2D eigenvalue weighted by molar-refractivity contribution is -0.0180. The first-order valence-electron chi connectivity index (χ1n) is 8.05. The molecular formula is C15H28BN2O4P. The SMILES string of the molecule is [B][C@H]1C[C@H](OC)[C@@H](COP(OCCC#N)N(C(C)C)C(C)C)O1. The Kier molecular flexibility index (Phi) is 9.61. The molecule has 8 heteroatoms. The Morgan fingerprint density at radius 1 is 1.30 bits per heavy atom. The highest BCUT2D eigenvalue weighted by Crippen LogP contribution is 2.46. The second-order valence-electron chi connectivity index (χ2n) is 6.07. The lowest BCUT2D eigenvalue weighted by atomic mass is 9.96. The van der Waals surface area contributed by atoms with Gasteiger partial charge in [0.2, 0.25) is 0 Å². The number of methoxy groups -OCH3 is 1. The summed E-state index contributed by atoms with van der Waals surface area (Å²) in [5, 5.41) is 8.71. The number of rotatable bonds is 10. The van der Waals surface area contributed by atoms with E-state index < -0.39 is 8.53 Å². The van der Waals surface area contributed by atoms with Gasteiger partial charge in [-0.15, -0.1) is 0 Å². The van der Waals surface area contributed by atoms with Gasteiger partial charge in [0.25, 0.3) is 8.53 Å². The summed E-state index contributed by atoms with van der Waals surface area (Å²) in [5.74, 6) is 0.